The third-order valence-electron chi connectivity index (χ3n) is 4.84. The molecule has 0 atom stereocenters. The van der Waals surface area contributed by atoms with E-state index in [2.05, 4.69) is 20.4 Å². The fourth-order valence-electron chi connectivity index (χ4n) is 3.26. The number of benzene rings is 2. The number of nitrogens with one attached hydrogen (secondary N) is 1. The van der Waals surface area contributed by atoms with Gasteiger partial charge in [0.25, 0.3) is 0 Å². The number of anilines is 2. The van der Waals surface area contributed by atoms with Crippen molar-refractivity contribution < 1.29 is 32.2 Å². The number of carboxylic acid groups (broad SMARTS) is 1. The summed E-state index contributed by atoms with van der Waals surface area (Å²) in [4.78, 5) is 19.4. The number of hydrogen-bond donors (Lipinski definition) is 2. The number of aliphatic carboxylic acids is 1. The lowest BCUT2D eigenvalue weighted by Crippen LogP contribution is -2.10. The predicted octanol–water partition coefficient (Wildman–Crippen LogP) is 5.34. The second-order valence-electron chi connectivity index (χ2n) is 7.38. The monoisotopic (exact) mass is 499 g/mol. The lowest BCUT2D eigenvalue weighted by Gasteiger charge is -2.13. The van der Waals surface area contributed by atoms with Crippen LogP contribution in [0.2, 0.25) is 0 Å². The molecule has 2 N–H and O–H groups in total. The Morgan fingerprint density at radius 1 is 1.17 bits per heavy atom. The Balaban J connectivity index is 1.80. The van der Waals surface area contributed by atoms with Crippen LogP contribution in [0.15, 0.2) is 67.0 Å². The molecule has 0 unspecified atom stereocenters. The summed E-state index contributed by atoms with van der Waals surface area (Å²) in [5, 5.41) is 15.3. The van der Waals surface area contributed by atoms with Crippen LogP contribution >= 0.6 is 0 Å². The number of methoxy groups -OCH3 is 1. The average molecular weight is 499 g/mol. The summed E-state index contributed by atoms with van der Waals surface area (Å²) >= 11 is 0. The molecule has 8 nitrogen and oxygen atoms in total. The Morgan fingerprint density at radius 2 is 1.97 bits per heavy atom. The second kappa shape index (κ2) is 9.86. The summed E-state index contributed by atoms with van der Waals surface area (Å²) in [5.74, 6) is -1.51. The summed E-state index contributed by atoms with van der Waals surface area (Å²) in [6.07, 6.45) is 0.141. The maximum atomic E-state index is 13.9. The normalized spacial score (nSPS) is 11.6. The van der Waals surface area contributed by atoms with Crippen molar-refractivity contribution >= 4 is 23.7 Å². The zero-order valence-electron chi connectivity index (χ0n) is 18.5. The number of ether oxygens (including phenoxy) is 1. The van der Waals surface area contributed by atoms with Gasteiger partial charge < -0.3 is 15.2 Å². The highest BCUT2D eigenvalue weighted by molar-refractivity contribution is 5.86. The van der Waals surface area contributed by atoms with Crippen molar-refractivity contribution in [2.24, 2.45) is 0 Å². The SMILES string of the molecule is COc1cc(F)cc(Nc2ncc(-c3cccc(/C=C/C(=O)O)c3)c(-n3ccc(C(F)(F)F)n3)n2)c1. The Hall–Kier alpha value is -4.74. The topological polar surface area (TPSA) is 102 Å². The van der Waals surface area contributed by atoms with Crippen LogP contribution in [0.1, 0.15) is 11.3 Å². The minimum atomic E-state index is -4.67. The van der Waals surface area contributed by atoms with E-state index in [0.717, 1.165) is 23.0 Å². The van der Waals surface area contributed by atoms with Gasteiger partial charge in [0.1, 0.15) is 11.6 Å². The molecule has 0 radical (unpaired) electrons. The van der Waals surface area contributed by atoms with Crippen LogP contribution < -0.4 is 10.1 Å². The molecule has 0 saturated heterocycles. The molecule has 184 valence electrons. The first-order valence-corrected chi connectivity index (χ1v) is 10.3. The maximum Gasteiger partial charge on any atom is 0.435 e. The molecule has 4 aromatic rings. The van der Waals surface area contributed by atoms with Gasteiger partial charge in [0.15, 0.2) is 11.5 Å². The van der Waals surface area contributed by atoms with Crippen molar-refractivity contribution in [2.75, 3.05) is 12.4 Å². The fraction of sp³-hybridized carbons (Fsp3) is 0.0833. The highest BCUT2D eigenvalue weighted by Gasteiger charge is 2.34. The van der Waals surface area contributed by atoms with E-state index >= 15 is 0 Å². The maximum absolute atomic E-state index is 13.9. The number of carboxylic acids is 1. The van der Waals surface area contributed by atoms with Crippen LogP contribution in [-0.2, 0) is 11.0 Å². The highest BCUT2D eigenvalue weighted by atomic mass is 19.4. The quantitative estimate of drug-likeness (QED) is 0.262. The van der Waals surface area contributed by atoms with Crippen LogP contribution in [0.25, 0.3) is 23.0 Å². The van der Waals surface area contributed by atoms with Crippen LogP contribution in [-0.4, -0.2) is 37.9 Å². The van der Waals surface area contributed by atoms with E-state index in [1.54, 1.807) is 24.3 Å². The number of carbonyl (C=O) groups is 1. The van der Waals surface area contributed by atoms with Gasteiger partial charge in [-0.25, -0.2) is 18.9 Å². The Bertz CT molecular complexity index is 1450. The van der Waals surface area contributed by atoms with Crippen LogP contribution in [0.3, 0.4) is 0 Å². The predicted molar refractivity (Wildman–Crippen MR) is 122 cm³/mol. The van der Waals surface area contributed by atoms with Gasteiger partial charge in [-0.2, -0.15) is 23.3 Å². The minimum absolute atomic E-state index is 0.00531. The first-order valence-electron chi connectivity index (χ1n) is 10.3. The summed E-state index contributed by atoms with van der Waals surface area (Å²) in [6, 6.07) is 11.3. The molecule has 4 rings (SSSR count). The van der Waals surface area contributed by atoms with E-state index in [1.165, 1.54) is 37.6 Å². The highest BCUT2D eigenvalue weighted by Crippen LogP contribution is 2.31. The van der Waals surface area contributed by atoms with E-state index < -0.39 is 23.7 Å². The zero-order valence-corrected chi connectivity index (χ0v) is 18.5. The van der Waals surface area contributed by atoms with E-state index in [1.807, 2.05) is 0 Å². The van der Waals surface area contributed by atoms with Crippen molar-refractivity contribution in [3.8, 4) is 22.7 Å². The smallest absolute Gasteiger partial charge is 0.435 e. The van der Waals surface area contributed by atoms with Gasteiger partial charge in [-0.15, -0.1) is 0 Å². The molecule has 12 heteroatoms. The largest absolute Gasteiger partial charge is 0.497 e. The first kappa shape index (κ1) is 24.4. The summed E-state index contributed by atoms with van der Waals surface area (Å²) in [6.45, 7) is 0. The minimum Gasteiger partial charge on any atom is -0.497 e. The van der Waals surface area contributed by atoms with Crippen LogP contribution in [0.5, 0.6) is 5.75 Å². The van der Waals surface area contributed by atoms with Gasteiger partial charge in [-0.05, 0) is 35.4 Å². The van der Waals surface area contributed by atoms with Crippen molar-refractivity contribution in [2.45, 2.75) is 6.18 Å². The summed E-state index contributed by atoms with van der Waals surface area (Å²) in [5.41, 5.74) is 0.490. The molecule has 2 heterocycles. The van der Waals surface area contributed by atoms with Crippen molar-refractivity contribution in [1.29, 1.82) is 0 Å². The number of halogens is 4. The van der Waals surface area contributed by atoms with Crippen molar-refractivity contribution in [3.63, 3.8) is 0 Å². The third-order valence-corrected chi connectivity index (χ3v) is 4.84. The molecule has 2 aromatic heterocycles. The molecular formula is C24H17F4N5O3. The van der Waals surface area contributed by atoms with E-state index in [9.17, 15) is 22.4 Å². The number of aromatic nitrogens is 4. The molecule has 0 aliphatic rings. The van der Waals surface area contributed by atoms with Gasteiger partial charge >= 0.3 is 12.1 Å². The Labute approximate surface area is 201 Å². The number of hydrogen-bond acceptors (Lipinski definition) is 6. The van der Waals surface area contributed by atoms with E-state index in [-0.39, 0.29) is 23.2 Å². The second-order valence-corrected chi connectivity index (χ2v) is 7.38. The van der Waals surface area contributed by atoms with E-state index in [4.69, 9.17) is 9.84 Å². The Morgan fingerprint density at radius 3 is 2.67 bits per heavy atom. The van der Waals surface area contributed by atoms with Gasteiger partial charge in [-0.3, -0.25) is 0 Å². The lowest BCUT2D eigenvalue weighted by molar-refractivity contribution is -0.141. The number of alkyl halides is 3. The molecule has 0 bridgehead atoms. The number of nitrogens with zero attached hydrogens (tertiary/aromatic N) is 4. The first-order chi connectivity index (χ1) is 17.1. The molecular weight excluding hydrogens is 482 g/mol. The molecule has 0 amide bonds. The van der Waals surface area contributed by atoms with Gasteiger partial charge in [-0.1, -0.05) is 18.2 Å². The molecule has 0 aliphatic carbocycles. The Kier molecular flexibility index (Phi) is 6.68. The molecule has 0 fully saturated rings. The standard InChI is InChI=1S/C24H17F4N5O3/c1-36-18-11-16(25)10-17(12-18)30-23-29-13-19(15-4-2-3-14(9-15)5-6-21(34)35)22(31-23)33-8-7-20(32-33)24(26,27)28/h2-13H,1H3,(H,34,35)(H,29,30,31)/b6-5+. The molecule has 0 spiro atoms. The molecule has 0 aliphatic heterocycles. The average Bonchev–Trinajstić information content (AvgIpc) is 3.33. The van der Waals surface area contributed by atoms with Gasteiger partial charge in [0.2, 0.25) is 5.95 Å². The van der Waals surface area contributed by atoms with Crippen molar-refractivity contribution in [1.82, 2.24) is 19.7 Å². The molecule has 36 heavy (non-hydrogen) atoms. The van der Waals surface area contributed by atoms with Crippen LogP contribution in [0.4, 0.5) is 29.2 Å². The fourth-order valence-corrected chi connectivity index (χ4v) is 3.26. The van der Waals surface area contributed by atoms with Crippen molar-refractivity contribution in [3.05, 3.63) is 84.1 Å². The van der Waals surface area contributed by atoms with E-state index in [0.29, 0.717) is 16.7 Å². The lowest BCUT2D eigenvalue weighted by atomic mass is 10.0. The summed E-state index contributed by atoms with van der Waals surface area (Å²) < 4.78 is 59.5. The summed E-state index contributed by atoms with van der Waals surface area (Å²) in [7, 11) is 1.37. The third kappa shape index (κ3) is 5.66. The number of rotatable bonds is 7. The van der Waals surface area contributed by atoms with Crippen LogP contribution in [0, 0.1) is 5.82 Å². The molecule has 0 saturated carbocycles. The van der Waals surface area contributed by atoms with Gasteiger partial charge in [0.05, 0.1) is 7.11 Å². The molecule has 2 aromatic carbocycles. The zero-order chi connectivity index (χ0) is 25.9. The van der Waals surface area contributed by atoms with Gasteiger partial charge in [0, 0.05) is 41.9 Å².